The van der Waals surface area contributed by atoms with Crippen LogP contribution >= 0.6 is 0 Å². The molecule has 2 heteroatoms. The number of rotatable bonds is 6. The van der Waals surface area contributed by atoms with Crippen molar-refractivity contribution in [1.29, 1.82) is 0 Å². The Morgan fingerprint density at radius 1 is 1.21 bits per heavy atom. The minimum Gasteiger partial charge on any atom is -0.311 e. The van der Waals surface area contributed by atoms with Crippen molar-refractivity contribution in [2.75, 3.05) is 19.6 Å². The molecule has 0 fully saturated rings. The lowest BCUT2D eigenvalue weighted by atomic mass is 9.94. The van der Waals surface area contributed by atoms with Gasteiger partial charge < -0.3 is 5.32 Å². The molecule has 0 radical (unpaired) electrons. The van der Waals surface area contributed by atoms with Crippen molar-refractivity contribution < 1.29 is 0 Å². The van der Waals surface area contributed by atoms with Crippen molar-refractivity contribution in [3.05, 3.63) is 35.4 Å². The van der Waals surface area contributed by atoms with Crippen LogP contribution in [0, 0.1) is 5.92 Å². The number of likely N-dealkylation sites (N-methyl/N-ethyl adjacent to an activating group) is 1. The Balaban J connectivity index is 2.15. The first-order chi connectivity index (χ1) is 9.30. The van der Waals surface area contributed by atoms with E-state index in [1.54, 1.807) is 0 Å². The molecule has 1 aliphatic heterocycles. The molecule has 1 aromatic carbocycles. The minimum absolute atomic E-state index is 0.551. The van der Waals surface area contributed by atoms with E-state index in [4.69, 9.17) is 0 Å². The van der Waals surface area contributed by atoms with Gasteiger partial charge in [0, 0.05) is 25.7 Å². The van der Waals surface area contributed by atoms with Crippen molar-refractivity contribution in [1.82, 2.24) is 10.2 Å². The zero-order chi connectivity index (χ0) is 13.7. The average Bonchev–Trinajstić information content (AvgIpc) is 2.48. The third-order valence-electron chi connectivity index (χ3n) is 4.56. The smallest absolute Gasteiger partial charge is 0.0476 e. The lowest BCUT2D eigenvalue weighted by molar-refractivity contribution is 0.161. The molecule has 0 saturated carbocycles. The van der Waals surface area contributed by atoms with Gasteiger partial charge in [0.05, 0.1) is 0 Å². The number of hydrogen-bond donors (Lipinski definition) is 1. The number of nitrogens with zero attached hydrogens (tertiary/aromatic N) is 1. The van der Waals surface area contributed by atoms with Crippen molar-refractivity contribution >= 4 is 0 Å². The average molecular weight is 260 g/mol. The van der Waals surface area contributed by atoms with Crippen LogP contribution < -0.4 is 5.32 Å². The van der Waals surface area contributed by atoms with Gasteiger partial charge in [-0.05, 0) is 23.6 Å². The fourth-order valence-electron chi connectivity index (χ4n) is 3.15. The highest BCUT2D eigenvalue weighted by molar-refractivity contribution is 5.32. The lowest BCUT2D eigenvalue weighted by Gasteiger charge is -2.37. The van der Waals surface area contributed by atoms with E-state index in [-0.39, 0.29) is 0 Å². The molecule has 0 aromatic heterocycles. The molecule has 1 N–H and O–H groups in total. The number of benzene rings is 1. The quantitative estimate of drug-likeness (QED) is 0.841. The molecular formula is C17H28N2. The molecule has 2 nitrogen and oxygen atoms in total. The molecule has 2 rings (SSSR count). The Labute approximate surface area is 118 Å². The van der Waals surface area contributed by atoms with Crippen LogP contribution in [-0.2, 0) is 6.54 Å². The molecule has 0 spiro atoms. The molecule has 1 unspecified atom stereocenters. The summed E-state index contributed by atoms with van der Waals surface area (Å²) in [6.07, 6.45) is 2.57. The van der Waals surface area contributed by atoms with E-state index >= 15 is 0 Å². The van der Waals surface area contributed by atoms with Gasteiger partial charge in [-0.15, -0.1) is 0 Å². The highest BCUT2D eigenvalue weighted by atomic mass is 15.2. The van der Waals surface area contributed by atoms with Gasteiger partial charge in [0.25, 0.3) is 0 Å². The van der Waals surface area contributed by atoms with Crippen LogP contribution in [-0.4, -0.2) is 24.5 Å². The van der Waals surface area contributed by atoms with Crippen LogP contribution in [0.15, 0.2) is 24.3 Å². The van der Waals surface area contributed by atoms with Crippen LogP contribution in [0.2, 0.25) is 0 Å². The summed E-state index contributed by atoms with van der Waals surface area (Å²) >= 11 is 0. The maximum absolute atomic E-state index is 3.57. The van der Waals surface area contributed by atoms with Gasteiger partial charge in [-0.2, -0.15) is 0 Å². The summed E-state index contributed by atoms with van der Waals surface area (Å²) < 4.78 is 0. The first-order valence-electron chi connectivity index (χ1n) is 7.82. The standard InChI is InChI=1S/C17H28N2/c1-4-14(5-2)13-19(6-3)17-12-18-11-15-9-7-8-10-16(15)17/h7-10,14,17-18H,4-6,11-13H2,1-3H3. The van der Waals surface area contributed by atoms with Crippen molar-refractivity contribution in [3.8, 4) is 0 Å². The Hall–Kier alpha value is -0.860. The number of fused-ring (bicyclic) bond motifs is 1. The fraction of sp³-hybridized carbons (Fsp3) is 0.647. The van der Waals surface area contributed by atoms with Gasteiger partial charge in [0.2, 0.25) is 0 Å². The van der Waals surface area contributed by atoms with Crippen molar-refractivity contribution in [2.45, 2.75) is 46.2 Å². The predicted molar refractivity (Wildman–Crippen MR) is 82.2 cm³/mol. The molecule has 1 aliphatic rings. The Morgan fingerprint density at radius 2 is 1.95 bits per heavy atom. The van der Waals surface area contributed by atoms with E-state index in [1.807, 2.05) is 0 Å². The first kappa shape index (κ1) is 14.5. The molecule has 0 amide bonds. The topological polar surface area (TPSA) is 15.3 Å². The van der Waals surface area contributed by atoms with Gasteiger partial charge in [-0.25, -0.2) is 0 Å². The molecule has 0 aliphatic carbocycles. The van der Waals surface area contributed by atoms with E-state index in [2.05, 4.69) is 55.3 Å². The highest BCUT2D eigenvalue weighted by Crippen LogP contribution is 2.28. The van der Waals surface area contributed by atoms with E-state index in [0.29, 0.717) is 6.04 Å². The van der Waals surface area contributed by atoms with E-state index in [1.165, 1.54) is 30.5 Å². The van der Waals surface area contributed by atoms with Crippen molar-refractivity contribution in [3.63, 3.8) is 0 Å². The molecule has 1 aromatic rings. The maximum Gasteiger partial charge on any atom is 0.0476 e. The zero-order valence-corrected chi connectivity index (χ0v) is 12.7. The van der Waals surface area contributed by atoms with Gasteiger partial charge in [0.1, 0.15) is 0 Å². The summed E-state index contributed by atoms with van der Waals surface area (Å²) in [5, 5.41) is 3.57. The Bertz CT molecular complexity index is 385. The summed E-state index contributed by atoms with van der Waals surface area (Å²) in [6.45, 7) is 11.4. The third-order valence-corrected chi connectivity index (χ3v) is 4.56. The van der Waals surface area contributed by atoms with Crippen LogP contribution in [0.5, 0.6) is 0 Å². The first-order valence-corrected chi connectivity index (χ1v) is 7.82. The minimum atomic E-state index is 0.551. The van der Waals surface area contributed by atoms with Crippen LogP contribution in [0.25, 0.3) is 0 Å². The molecule has 1 heterocycles. The summed E-state index contributed by atoms with van der Waals surface area (Å²) in [4.78, 5) is 2.66. The van der Waals surface area contributed by atoms with E-state index < -0.39 is 0 Å². The molecule has 106 valence electrons. The number of hydrogen-bond acceptors (Lipinski definition) is 2. The second kappa shape index (κ2) is 7.06. The second-order valence-electron chi connectivity index (χ2n) is 5.62. The molecule has 1 atom stereocenters. The summed E-state index contributed by atoms with van der Waals surface area (Å²) in [6, 6.07) is 9.47. The Kier molecular flexibility index (Phi) is 5.41. The maximum atomic E-state index is 3.57. The number of nitrogens with one attached hydrogen (secondary N) is 1. The van der Waals surface area contributed by atoms with E-state index in [9.17, 15) is 0 Å². The Morgan fingerprint density at radius 3 is 2.63 bits per heavy atom. The van der Waals surface area contributed by atoms with E-state index in [0.717, 1.165) is 25.6 Å². The molecule has 0 saturated heterocycles. The van der Waals surface area contributed by atoms with Gasteiger partial charge in [0.15, 0.2) is 0 Å². The molecule has 19 heavy (non-hydrogen) atoms. The molecule has 0 bridgehead atoms. The van der Waals surface area contributed by atoms with Gasteiger partial charge >= 0.3 is 0 Å². The normalized spacial score (nSPS) is 18.9. The van der Waals surface area contributed by atoms with Crippen LogP contribution in [0.1, 0.15) is 50.8 Å². The monoisotopic (exact) mass is 260 g/mol. The fourth-order valence-corrected chi connectivity index (χ4v) is 3.15. The highest BCUT2D eigenvalue weighted by Gasteiger charge is 2.25. The lowest BCUT2D eigenvalue weighted by Crippen LogP contribution is -2.41. The van der Waals surface area contributed by atoms with Crippen molar-refractivity contribution in [2.24, 2.45) is 5.92 Å². The van der Waals surface area contributed by atoms with Crippen LogP contribution in [0.3, 0.4) is 0 Å². The van der Waals surface area contributed by atoms with Crippen LogP contribution in [0.4, 0.5) is 0 Å². The summed E-state index contributed by atoms with van der Waals surface area (Å²) in [7, 11) is 0. The second-order valence-corrected chi connectivity index (χ2v) is 5.62. The SMILES string of the molecule is CCC(CC)CN(CC)C1CNCc2ccccc21. The summed E-state index contributed by atoms with van der Waals surface area (Å²) in [5.74, 6) is 0.828. The molecular weight excluding hydrogens is 232 g/mol. The summed E-state index contributed by atoms with van der Waals surface area (Å²) in [5.41, 5.74) is 3.01. The van der Waals surface area contributed by atoms with Gasteiger partial charge in [-0.3, -0.25) is 4.90 Å². The van der Waals surface area contributed by atoms with Gasteiger partial charge in [-0.1, -0.05) is 57.9 Å². The third kappa shape index (κ3) is 3.37. The zero-order valence-electron chi connectivity index (χ0n) is 12.7. The predicted octanol–water partition coefficient (Wildman–Crippen LogP) is 3.59. The largest absolute Gasteiger partial charge is 0.311 e.